The van der Waals surface area contributed by atoms with Crippen LogP contribution in [0.3, 0.4) is 0 Å². The van der Waals surface area contributed by atoms with E-state index in [1.54, 1.807) is 12.1 Å². The first-order valence-electron chi connectivity index (χ1n) is 10.0. The minimum Gasteiger partial charge on any atom is -0.327 e. The van der Waals surface area contributed by atoms with Gasteiger partial charge in [0.2, 0.25) is 0 Å². The highest BCUT2D eigenvalue weighted by Gasteiger charge is 2.33. The molecule has 0 bridgehead atoms. The first-order chi connectivity index (χ1) is 13.0. The van der Waals surface area contributed by atoms with Gasteiger partial charge in [-0.3, -0.25) is 0 Å². The SMILES string of the molecule is CN(C)CCn1c(CC(C)(C)C)nc2cc(S(=O)(=O)[C@@H]3CCN(C)C3)ccc21.Cl.Cl. The van der Waals surface area contributed by atoms with Crippen LogP contribution in [0.1, 0.15) is 33.0 Å². The Hall–Kier alpha value is -0.860. The minimum atomic E-state index is -3.33. The van der Waals surface area contributed by atoms with E-state index in [-0.39, 0.29) is 35.5 Å². The summed E-state index contributed by atoms with van der Waals surface area (Å²) in [7, 11) is 2.77. The Morgan fingerprint density at radius 1 is 1.20 bits per heavy atom. The lowest BCUT2D eigenvalue weighted by atomic mass is 9.92. The van der Waals surface area contributed by atoms with Crippen molar-refractivity contribution in [3.8, 4) is 0 Å². The molecule has 3 rings (SSSR count). The number of nitrogens with zero attached hydrogens (tertiary/aromatic N) is 4. The molecule has 30 heavy (non-hydrogen) atoms. The molecule has 0 amide bonds. The quantitative estimate of drug-likeness (QED) is 0.635. The lowest BCUT2D eigenvalue weighted by Gasteiger charge is -2.19. The van der Waals surface area contributed by atoms with Crippen LogP contribution in [0.4, 0.5) is 0 Å². The summed E-state index contributed by atoms with van der Waals surface area (Å²) < 4.78 is 28.4. The van der Waals surface area contributed by atoms with E-state index in [2.05, 4.69) is 49.2 Å². The predicted molar refractivity (Wildman–Crippen MR) is 129 cm³/mol. The number of hydrogen-bond donors (Lipinski definition) is 0. The van der Waals surface area contributed by atoms with Crippen LogP contribution in [0, 0.1) is 5.41 Å². The van der Waals surface area contributed by atoms with Crippen LogP contribution in [0.25, 0.3) is 11.0 Å². The molecule has 1 fully saturated rings. The van der Waals surface area contributed by atoms with Crippen molar-refractivity contribution >= 4 is 45.7 Å². The number of likely N-dealkylation sites (tertiary alicyclic amines) is 1. The molecule has 2 aromatic rings. The molecule has 0 N–H and O–H groups in total. The maximum absolute atomic E-state index is 13.1. The van der Waals surface area contributed by atoms with Crippen LogP contribution >= 0.6 is 24.8 Å². The molecule has 1 saturated heterocycles. The van der Waals surface area contributed by atoms with E-state index < -0.39 is 9.84 Å². The van der Waals surface area contributed by atoms with E-state index in [0.717, 1.165) is 42.9 Å². The van der Waals surface area contributed by atoms with Gasteiger partial charge in [0.1, 0.15) is 5.82 Å². The minimum absolute atomic E-state index is 0. The maximum Gasteiger partial charge on any atom is 0.182 e. The van der Waals surface area contributed by atoms with Gasteiger partial charge >= 0.3 is 0 Å². The predicted octanol–water partition coefficient (Wildman–Crippen LogP) is 3.51. The van der Waals surface area contributed by atoms with Gasteiger partial charge in [-0.2, -0.15) is 0 Å². The normalized spacial score (nSPS) is 17.9. The van der Waals surface area contributed by atoms with Gasteiger partial charge in [-0.15, -0.1) is 24.8 Å². The van der Waals surface area contributed by atoms with E-state index in [1.807, 2.05) is 13.1 Å². The second-order valence-electron chi connectivity index (χ2n) is 9.59. The molecule has 6 nitrogen and oxygen atoms in total. The zero-order valence-electron chi connectivity index (χ0n) is 18.9. The number of rotatable bonds is 6. The van der Waals surface area contributed by atoms with E-state index in [1.165, 1.54) is 0 Å². The molecule has 1 aliphatic rings. The highest BCUT2D eigenvalue weighted by molar-refractivity contribution is 7.92. The highest BCUT2D eigenvalue weighted by atomic mass is 35.5. The lowest BCUT2D eigenvalue weighted by Crippen LogP contribution is -2.25. The smallest absolute Gasteiger partial charge is 0.182 e. The zero-order chi connectivity index (χ0) is 20.7. The summed E-state index contributed by atoms with van der Waals surface area (Å²) in [5.41, 5.74) is 1.91. The summed E-state index contributed by atoms with van der Waals surface area (Å²) in [6.45, 7) is 9.80. The van der Waals surface area contributed by atoms with Crippen molar-refractivity contribution in [2.45, 2.75) is 50.3 Å². The van der Waals surface area contributed by atoms with Crippen molar-refractivity contribution in [1.29, 1.82) is 0 Å². The number of likely N-dealkylation sites (N-methyl/N-ethyl adjacent to an activating group) is 1. The molecule has 172 valence electrons. The number of benzene rings is 1. The van der Waals surface area contributed by atoms with E-state index in [9.17, 15) is 8.42 Å². The van der Waals surface area contributed by atoms with Gasteiger partial charge in [-0.1, -0.05) is 20.8 Å². The van der Waals surface area contributed by atoms with Gasteiger partial charge in [0.25, 0.3) is 0 Å². The molecule has 0 unspecified atom stereocenters. The van der Waals surface area contributed by atoms with Crippen LogP contribution in [0.5, 0.6) is 0 Å². The Kier molecular flexibility index (Phi) is 9.21. The lowest BCUT2D eigenvalue weighted by molar-refractivity contribution is 0.365. The van der Waals surface area contributed by atoms with E-state index in [4.69, 9.17) is 4.98 Å². The Morgan fingerprint density at radius 2 is 1.87 bits per heavy atom. The molecule has 0 saturated carbocycles. The summed E-state index contributed by atoms with van der Waals surface area (Å²) in [6.07, 6.45) is 1.55. The van der Waals surface area contributed by atoms with E-state index >= 15 is 0 Å². The fourth-order valence-corrected chi connectivity index (χ4v) is 5.62. The molecule has 1 aromatic heterocycles. The van der Waals surface area contributed by atoms with Gasteiger partial charge in [0, 0.05) is 26.1 Å². The molecule has 0 aliphatic carbocycles. The third kappa shape index (κ3) is 6.10. The van der Waals surface area contributed by atoms with Crippen molar-refractivity contribution in [3.63, 3.8) is 0 Å². The van der Waals surface area contributed by atoms with Crippen molar-refractivity contribution in [3.05, 3.63) is 24.0 Å². The number of hydrogen-bond acceptors (Lipinski definition) is 5. The Labute approximate surface area is 193 Å². The van der Waals surface area contributed by atoms with Crippen LogP contribution < -0.4 is 0 Å². The first-order valence-corrected chi connectivity index (χ1v) is 11.6. The van der Waals surface area contributed by atoms with Crippen LogP contribution in [-0.4, -0.2) is 73.8 Å². The molecule has 2 heterocycles. The Morgan fingerprint density at radius 3 is 2.40 bits per heavy atom. The van der Waals surface area contributed by atoms with Crippen molar-refractivity contribution in [2.75, 3.05) is 40.8 Å². The Balaban J connectivity index is 0.00000225. The van der Waals surface area contributed by atoms with Crippen molar-refractivity contribution < 1.29 is 8.42 Å². The summed E-state index contributed by atoms with van der Waals surface area (Å²) >= 11 is 0. The van der Waals surface area contributed by atoms with Crippen LogP contribution in [0.15, 0.2) is 23.1 Å². The molecular weight excluding hydrogens is 443 g/mol. The third-order valence-corrected chi connectivity index (χ3v) is 7.55. The fourth-order valence-electron chi connectivity index (χ4n) is 3.84. The number of fused-ring (bicyclic) bond motifs is 1. The summed E-state index contributed by atoms with van der Waals surface area (Å²) in [5, 5.41) is -0.320. The topological polar surface area (TPSA) is 58.4 Å². The number of sulfone groups is 1. The molecule has 0 radical (unpaired) electrons. The summed E-state index contributed by atoms with van der Waals surface area (Å²) in [5.74, 6) is 1.03. The van der Waals surface area contributed by atoms with Gasteiger partial charge in [0.15, 0.2) is 9.84 Å². The summed E-state index contributed by atoms with van der Waals surface area (Å²) in [6, 6.07) is 5.49. The van der Waals surface area contributed by atoms with Crippen molar-refractivity contribution in [2.24, 2.45) is 5.41 Å². The number of halogens is 2. The largest absolute Gasteiger partial charge is 0.327 e. The molecule has 1 aliphatic heterocycles. The fraction of sp³-hybridized carbons (Fsp3) is 0.667. The van der Waals surface area contributed by atoms with Crippen LogP contribution in [0.2, 0.25) is 0 Å². The Bertz CT molecular complexity index is 952. The average molecular weight is 480 g/mol. The number of imidazole rings is 1. The van der Waals surface area contributed by atoms with Crippen molar-refractivity contribution in [1.82, 2.24) is 19.4 Å². The second-order valence-corrected chi connectivity index (χ2v) is 11.8. The molecule has 1 atom stereocenters. The molecule has 1 aromatic carbocycles. The van der Waals surface area contributed by atoms with E-state index in [0.29, 0.717) is 17.9 Å². The molecule has 0 spiro atoms. The highest BCUT2D eigenvalue weighted by Crippen LogP contribution is 2.28. The molecular formula is C21H36Cl2N4O2S. The van der Waals surface area contributed by atoms with Gasteiger partial charge in [-0.05, 0) is 57.7 Å². The maximum atomic E-state index is 13.1. The standard InChI is InChI=1S/C21H34N4O2S.2ClH/c1-21(2,3)14-20-22-18-13-16(28(26,27)17-9-10-24(6)15-17)7-8-19(18)25(20)12-11-23(4)5;;/h7-8,13,17H,9-12,14-15H2,1-6H3;2*1H/t17-;;/m1../s1. The van der Waals surface area contributed by atoms with Crippen LogP contribution in [-0.2, 0) is 22.8 Å². The average Bonchev–Trinajstić information content (AvgIpc) is 3.14. The van der Waals surface area contributed by atoms with Gasteiger partial charge in [0.05, 0.1) is 21.2 Å². The molecule has 9 heteroatoms. The third-order valence-electron chi connectivity index (χ3n) is 5.37. The first kappa shape index (κ1) is 27.2. The zero-order valence-corrected chi connectivity index (χ0v) is 21.3. The summed E-state index contributed by atoms with van der Waals surface area (Å²) in [4.78, 5) is 9.50. The van der Waals surface area contributed by atoms with Gasteiger partial charge < -0.3 is 14.4 Å². The number of aromatic nitrogens is 2. The monoisotopic (exact) mass is 478 g/mol. The second kappa shape index (κ2) is 10.2. The van der Waals surface area contributed by atoms with Gasteiger partial charge in [-0.25, -0.2) is 13.4 Å².